The molecule has 1 amide bonds. The van der Waals surface area contributed by atoms with Crippen molar-refractivity contribution in [1.29, 1.82) is 0 Å². The summed E-state index contributed by atoms with van der Waals surface area (Å²) in [5, 5.41) is 3.37. The Hall–Kier alpha value is -0.650. The van der Waals surface area contributed by atoms with Crippen LogP contribution in [0.5, 0.6) is 0 Å². The highest BCUT2D eigenvalue weighted by Gasteiger charge is 2.41. The Morgan fingerprint density at radius 2 is 2.24 bits per heavy atom. The summed E-state index contributed by atoms with van der Waals surface area (Å²) in [7, 11) is 6.14. The first-order chi connectivity index (χ1) is 7.87. The Balaban J connectivity index is 2.60. The number of piperidine rings is 1. The minimum absolute atomic E-state index is 0.212. The van der Waals surface area contributed by atoms with E-state index in [-0.39, 0.29) is 5.91 Å². The van der Waals surface area contributed by atoms with Gasteiger partial charge in [-0.05, 0) is 40.9 Å². The SMILES string of the molecule is CC1CC(NCCN(C)C)(C(N)=O)CCN1C. The van der Waals surface area contributed by atoms with Gasteiger partial charge in [0.1, 0.15) is 5.54 Å². The van der Waals surface area contributed by atoms with Crippen LogP contribution in [0.1, 0.15) is 19.8 Å². The molecule has 0 aromatic heterocycles. The van der Waals surface area contributed by atoms with Crippen LogP contribution in [-0.2, 0) is 4.79 Å². The lowest BCUT2D eigenvalue weighted by atomic mass is 9.83. The summed E-state index contributed by atoms with van der Waals surface area (Å²) < 4.78 is 0. The van der Waals surface area contributed by atoms with Crippen LogP contribution in [0, 0.1) is 0 Å². The number of hydrogen-bond donors (Lipinski definition) is 2. The number of carbonyl (C=O) groups excluding carboxylic acids is 1. The van der Waals surface area contributed by atoms with Crippen LogP contribution in [0.3, 0.4) is 0 Å². The summed E-state index contributed by atoms with van der Waals surface area (Å²) >= 11 is 0. The van der Waals surface area contributed by atoms with E-state index < -0.39 is 5.54 Å². The number of nitrogens with one attached hydrogen (secondary N) is 1. The zero-order chi connectivity index (χ0) is 13.1. The number of rotatable bonds is 5. The van der Waals surface area contributed by atoms with E-state index in [1.165, 1.54) is 0 Å². The standard InChI is InChI=1S/C12H26N4O/c1-10-9-12(11(13)17,5-7-16(10)4)14-6-8-15(2)3/h10,14H,5-9H2,1-4H3,(H2,13,17). The van der Waals surface area contributed by atoms with Crippen molar-refractivity contribution in [3.05, 3.63) is 0 Å². The maximum atomic E-state index is 11.7. The first-order valence-corrected chi connectivity index (χ1v) is 6.27. The Bertz CT molecular complexity index is 269. The topological polar surface area (TPSA) is 61.6 Å². The van der Waals surface area contributed by atoms with E-state index in [4.69, 9.17) is 5.73 Å². The molecule has 1 saturated heterocycles. The number of nitrogens with zero attached hydrogens (tertiary/aromatic N) is 2. The lowest BCUT2D eigenvalue weighted by Crippen LogP contribution is -2.63. The molecule has 2 unspecified atom stereocenters. The second kappa shape index (κ2) is 5.80. The van der Waals surface area contributed by atoms with Crippen molar-refractivity contribution >= 4 is 5.91 Å². The van der Waals surface area contributed by atoms with Crippen molar-refractivity contribution in [3.63, 3.8) is 0 Å². The Morgan fingerprint density at radius 1 is 1.59 bits per heavy atom. The van der Waals surface area contributed by atoms with Gasteiger partial charge in [-0.25, -0.2) is 0 Å². The molecule has 1 aliphatic heterocycles. The van der Waals surface area contributed by atoms with Crippen LogP contribution in [0.2, 0.25) is 0 Å². The fourth-order valence-electron chi connectivity index (χ4n) is 2.34. The van der Waals surface area contributed by atoms with E-state index in [1.807, 2.05) is 14.1 Å². The third kappa shape index (κ3) is 3.66. The third-order valence-electron chi connectivity index (χ3n) is 3.78. The molecule has 0 aromatic rings. The van der Waals surface area contributed by atoms with Crippen molar-refractivity contribution in [2.24, 2.45) is 5.73 Å². The van der Waals surface area contributed by atoms with Gasteiger partial charge in [-0.1, -0.05) is 0 Å². The number of likely N-dealkylation sites (tertiary alicyclic amines) is 1. The van der Waals surface area contributed by atoms with Crippen molar-refractivity contribution in [2.45, 2.75) is 31.3 Å². The molecule has 3 N–H and O–H groups in total. The average molecular weight is 242 g/mol. The van der Waals surface area contributed by atoms with Crippen LogP contribution in [0.15, 0.2) is 0 Å². The highest BCUT2D eigenvalue weighted by molar-refractivity contribution is 5.84. The largest absolute Gasteiger partial charge is 0.368 e. The van der Waals surface area contributed by atoms with Crippen molar-refractivity contribution in [1.82, 2.24) is 15.1 Å². The molecule has 0 bridgehead atoms. The minimum Gasteiger partial charge on any atom is -0.368 e. The number of nitrogens with two attached hydrogens (primary N) is 1. The summed E-state index contributed by atoms with van der Waals surface area (Å²) in [6.45, 7) is 4.77. The van der Waals surface area contributed by atoms with Gasteiger partial charge in [0.25, 0.3) is 0 Å². The number of primary amides is 1. The zero-order valence-corrected chi connectivity index (χ0v) is 11.5. The van der Waals surface area contributed by atoms with E-state index in [0.29, 0.717) is 6.04 Å². The highest BCUT2D eigenvalue weighted by atomic mass is 16.1. The monoisotopic (exact) mass is 242 g/mol. The van der Waals surface area contributed by atoms with Crippen LogP contribution in [0.4, 0.5) is 0 Å². The second-order valence-electron chi connectivity index (χ2n) is 5.46. The number of carbonyl (C=O) groups is 1. The molecular formula is C12H26N4O. The van der Waals surface area contributed by atoms with E-state index >= 15 is 0 Å². The summed E-state index contributed by atoms with van der Waals surface area (Å²) in [5.41, 5.74) is 5.08. The summed E-state index contributed by atoms with van der Waals surface area (Å²) in [4.78, 5) is 16.1. The molecular weight excluding hydrogens is 216 g/mol. The van der Waals surface area contributed by atoms with Gasteiger partial charge in [0.05, 0.1) is 0 Å². The van der Waals surface area contributed by atoms with Gasteiger partial charge < -0.3 is 20.9 Å². The number of likely N-dealkylation sites (N-methyl/N-ethyl adjacent to an activating group) is 1. The predicted octanol–water partition coefficient (Wildman–Crippen LogP) is -0.524. The molecule has 1 rings (SSSR count). The molecule has 2 atom stereocenters. The summed E-state index contributed by atoms with van der Waals surface area (Å²) in [6, 6.07) is 0.392. The van der Waals surface area contributed by atoms with E-state index in [1.54, 1.807) is 0 Å². The summed E-state index contributed by atoms with van der Waals surface area (Å²) in [5.74, 6) is -0.212. The van der Waals surface area contributed by atoms with Gasteiger partial charge >= 0.3 is 0 Å². The number of amides is 1. The molecule has 0 spiro atoms. The molecule has 0 aromatic carbocycles. The fraction of sp³-hybridized carbons (Fsp3) is 0.917. The average Bonchev–Trinajstić information content (AvgIpc) is 2.22. The molecule has 1 heterocycles. The second-order valence-corrected chi connectivity index (χ2v) is 5.46. The molecule has 5 heteroatoms. The Morgan fingerprint density at radius 3 is 2.71 bits per heavy atom. The van der Waals surface area contributed by atoms with Gasteiger partial charge in [0.15, 0.2) is 0 Å². The third-order valence-corrected chi connectivity index (χ3v) is 3.78. The van der Waals surface area contributed by atoms with Crippen molar-refractivity contribution < 1.29 is 4.79 Å². The van der Waals surface area contributed by atoms with E-state index in [2.05, 4.69) is 29.1 Å². The molecule has 17 heavy (non-hydrogen) atoms. The molecule has 5 nitrogen and oxygen atoms in total. The smallest absolute Gasteiger partial charge is 0.237 e. The fourth-order valence-corrected chi connectivity index (χ4v) is 2.34. The number of hydrogen-bond acceptors (Lipinski definition) is 4. The maximum absolute atomic E-state index is 11.7. The lowest BCUT2D eigenvalue weighted by Gasteiger charge is -2.43. The van der Waals surface area contributed by atoms with Gasteiger partial charge in [0, 0.05) is 25.7 Å². The first-order valence-electron chi connectivity index (χ1n) is 6.27. The maximum Gasteiger partial charge on any atom is 0.237 e. The van der Waals surface area contributed by atoms with Crippen LogP contribution >= 0.6 is 0 Å². The lowest BCUT2D eigenvalue weighted by molar-refractivity contribution is -0.127. The van der Waals surface area contributed by atoms with Gasteiger partial charge in [0.2, 0.25) is 5.91 Å². The Kier molecular flexibility index (Phi) is 4.91. The molecule has 0 radical (unpaired) electrons. The Labute approximate surface area is 104 Å². The quantitative estimate of drug-likeness (QED) is 0.681. The zero-order valence-electron chi connectivity index (χ0n) is 11.5. The molecule has 0 saturated carbocycles. The first kappa shape index (κ1) is 14.4. The van der Waals surface area contributed by atoms with Gasteiger partial charge in [-0.3, -0.25) is 4.79 Å². The van der Waals surface area contributed by atoms with Crippen molar-refractivity contribution in [3.8, 4) is 0 Å². The molecule has 0 aliphatic carbocycles. The van der Waals surface area contributed by atoms with Crippen LogP contribution in [0.25, 0.3) is 0 Å². The van der Waals surface area contributed by atoms with E-state index in [0.717, 1.165) is 32.5 Å². The summed E-state index contributed by atoms with van der Waals surface area (Å²) in [6.07, 6.45) is 1.60. The molecule has 100 valence electrons. The van der Waals surface area contributed by atoms with E-state index in [9.17, 15) is 4.79 Å². The minimum atomic E-state index is -0.512. The van der Waals surface area contributed by atoms with Gasteiger partial charge in [-0.15, -0.1) is 0 Å². The highest BCUT2D eigenvalue weighted by Crippen LogP contribution is 2.25. The normalized spacial score (nSPS) is 30.8. The van der Waals surface area contributed by atoms with Crippen molar-refractivity contribution in [2.75, 3.05) is 40.8 Å². The molecule has 1 aliphatic rings. The predicted molar refractivity (Wildman–Crippen MR) is 69.8 cm³/mol. The van der Waals surface area contributed by atoms with Crippen LogP contribution in [-0.4, -0.2) is 68.1 Å². The molecule has 1 fully saturated rings. The van der Waals surface area contributed by atoms with Crippen LogP contribution < -0.4 is 11.1 Å². The van der Waals surface area contributed by atoms with Gasteiger partial charge in [-0.2, -0.15) is 0 Å².